The van der Waals surface area contributed by atoms with Crippen molar-refractivity contribution in [1.29, 1.82) is 0 Å². The number of ether oxygens (including phenoxy) is 1. The van der Waals surface area contributed by atoms with Gasteiger partial charge in [0.2, 0.25) is 5.88 Å². The Morgan fingerprint density at radius 2 is 1.89 bits per heavy atom. The van der Waals surface area contributed by atoms with E-state index in [-0.39, 0.29) is 17.1 Å². The summed E-state index contributed by atoms with van der Waals surface area (Å²) in [5, 5.41) is 19.2. The number of carboxylic acid groups (broad SMARTS) is 1. The van der Waals surface area contributed by atoms with Crippen molar-refractivity contribution in [3.8, 4) is 11.6 Å². The summed E-state index contributed by atoms with van der Waals surface area (Å²) in [6.45, 7) is 0. The van der Waals surface area contributed by atoms with E-state index in [1.54, 1.807) is 0 Å². The zero-order valence-corrected chi connectivity index (χ0v) is 9.52. The van der Waals surface area contributed by atoms with Crippen LogP contribution in [0.3, 0.4) is 0 Å². The molecule has 0 amide bonds. The first-order valence-corrected chi connectivity index (χ1v) is 5.18. The highest BCUT2D eigenvalue weighted by atomic mass is 16.6. The highest BCUT2D eigenvalue weighted by molar-refractivity contribution is 5.87. The minimum absolute atomic E-state index is 0.0402. The number of nitrogens with zero attached hydrogens (tertiary/aromatic N) is 2. The van der Waals surface area contributed by atoms with Gasteiger partial charge in [-0.3, -0.25) is 10.1 Å². The SMILES string of the molecule is O=C(O)c1ccc(Oc2ccc([N+](=O)[O-])cc2)nc1. The van der Waals surface area contributed by atoms with Gasteiger partial charge in [-0.25, -0.2) is 9.78 Å². The lowest BCUT2D eigenvalue weighted by Crippen LogP contribution is -1.97. The van der Waals surface area contributed by atoms with Crippen molar-refractivity contribution in [3.05, 3.63) is 58.3 Å². The summed E-state index contributed by atoms with van der Waals surface area (Å²) < 4.78 is 5.32. The lowest BCUT2D eigenvalue weighted by Gasteiger charge is -2.04. The monoisotopic (exact) mass is 260 g/mol. The van der Waals surface area contributed by atoms with E-state index in [4.69, 9.17) is 9.84 Å². The standard InChI is InChI=1S/C12H8N2O5/c15-12(16)8-1-6-11(13-7-8)19-10-4-2-9(3-5-10)14(17)18/h1-7H,(H,15,16). The van der Waals surface area contributed by atoms with Gasteiger partial charge in [0.1, 0.15) is 5.75 Å². The van der Waals surface area contributed by atoms with Gasteiger partial charge >= 0.3 is 5.97 Å². The highest BCUT2D eigenvalue weighted by Crippen LogP contribution is 2.22. The minimum Gasteiger partial charge on any atom is -0.478 e. The van der Waals surface area contributed by atoms with Crippen molar-refractivity contribution in [1.82, 2.24) is 4.98 Å². The normalized spacial score (nSPS) is 9.89. The van der Waals surface area contributed by atoms with Gasteiger partial charge in [0.25, 0.3) is 5.69 Å². The molecule has 0 atom stereocenters. The molecule has 1 N–H and O–H groups in total. The van der Waals surface area contributed by atoms with Crippen LogP contribution in [0.4, 0.5) is 5.69 Å². The topological polar surface area (TPSA) is 103 Å². The first-order valence-electron chi connectivity index (χ1n) is 5.18. The van der Waals surface area contributed by atoms with Crippen LogP contribution in [0.5, 0.6) is 11.6 Å². The number of hydrogen-bond acceptors (Lipinski definition) is 5. The number of non-ortho nitro benzene ring substituents is 1. The largest absolute Gasteiger partial charge is 0.478 e. The maximum Gasteiger partial charge on any atom is 0.337 e. The number of hydrogen-bond donors (Lipinski definition) is 1. The molecule has 7 heteroatoms. The Hall–Kier alpha value is -2.96. The number of nitro benzene ring substituents is 1. The summed E-state index contributed by atoms with van der Waals surface area (Å²) in [5.74, 6) is -0.491. The van der Waals surface area contributed by atoms with Crippen LogP contribution in [0.2, 0.25) is 0 Å². The van der Waals surface area contributed by atoms with E-state index < -0.39 is 10.9 Å². The van der Waals surface area contributed by atoms with E-state index in [0.29, 0.717) is 5.75 Å². The van der Waals surface area contributed by atoms with Crippen LogP contribution in [0.15, 0.2) is 42.6 Å². The van der Waals surface area contributed by atoms with E-state index in [1.807, 2.05) is 0 Å². The van der Waals surface area contributed by atoms with Crippen LogP contribution in [-0.4, -0.2) is 21.0 Å². The molecule has 1 heterocycles. The fourth-order valence-electron chi connectivity index (χ4n) is 1.32. The molecule has 2 rings (SSSR count). The predicted molar refractivity (Wildman–Crippen MR) is 64.4 cm³/mol. The second kappa shape index (κ2) is 5.13. The molecule has 0 saturated heterocycles. The summed E-state index contributed by atoms with van der Waals surface area (Å²) >= 11 is 0. The highest BCUT2D eigenvalue weighted by Gasteiger charge is 2.07. The van der Waals surface area contributed by atoms with E-state index in [2.05, 4.69) is 4.98 Å². The van der Waals surface area contributed by atoms with E-state index >= 15 is 0 Å². The summed E-state index contributed by atoms with van der Waals surface area (Å²) in [6, 6.07) is 8.25. The number of nitro groups is 1. The Morgan fingerprint density at radius 1 is 1.21 bits per heavy atom. The Balaban J connectivity index is 2.12. The lowest BCUT2D eigenvalue weighted by molar-refractivity contribution is -0.384. The fraction of sp³-hybridized carbons (Fsp3) is 0. The van der Waals surface area contributed by atoms with Gasteiger partial charge in [0.15, 0.2) is 0 Å². The van der Waals surface area contributed by atoms with Crippen LogP contribution in [0.1, 0.15) is 10.4 Å². The van der Waals surface area contributed by atoms with Gasteiger partial charge < -0.3 is 9.84 Å². The number of rotatable bonds is 4. The minimum atomic E-state index is -1.07. The number of carbonyl (C=O) groups is 1. The van der Waals surface area contributed by atoms with Crippen molar-refractivity contribution in [3.63, 3.8) is 0 Å². The first-order chi connectivity index (χ1) is 9.06. The maximum atomic E-state index is 10.6. The maximum absolute atomic E-state index is 10.6. The molecule has 0 aliphatic carbocycles. The molecule has 0 aliphatic rings. The molecular weight excluding hydrogens is 252 g/mol. The molecule has 1 aromatic heterocycles. The van der Waals surface area contributed by atoms with E-state index in [1.165, 1.54) is 42.6 Å². The molecule has 1 aromatic carbocycles. The van der Waals surface area contributed by atoms with Crippen LogP contribution < -0.4 is 4.74 Å². The molecule has 2 aromatic rings. The quantitative estimate of drug-likeness (QED) is 0.669. The van der Waals surface area contributed by atoms with Gasteiger partial charge in [-0.2, -0.15) is 0 Å². The number of aromatic nitrogens is 1. The first kappa shape index (κ1) is 12.5. The van der Waals surface area contributed by atoms with Crippen LogP contribution in [0, 0.1) is 10.1 Å². The van der Waals surface area contributed by atoms with Gasteiger partial charge in [-0.05, 0) is 18.2 Å². The average molecular weight is 260 g/mol. The molecule has 96 valence electrons. The summed E-state index contributed by atoms with van der Waals surface area (Å²) in [5.41, 5.74) is 0.0117. The molecule has 0 unspecified atom stereocenters. The van der Waals surface area contributed by atoms with E-state index in [9.17, 15) is 14.9 Å². The van der Waals surface area contributed by atoms with Gasteiger partial charge in [0, 0.05) is 24.4 Å². The molecule has 0 aliphatic heterocycles. The fourth-order valence-corrected chi connectivity index (χ4v) is 1.32. The van der Waals surface area contributed by atoms with Crippen molar-refractivity contribution in [2.45, 2.75) is 0 Å². The van der Waals surface area contributed by atoms with E-state index in [0.717, 1.165) is 0 Å². The van der Waals surface area contributed by atoms with Crippen molar-refractivity contribution in [2.75, 3.05) is 0 Å². The molecular formula is C12H8N2O5. The Bertz CT molecular complexity index is 552. The predicted octanol–water partition coefficient (Wildman–Crippen LogP) is 2.48. The molecule has 0 fully saturated rings. The molecule has 0 spiro atoms. The summed E-state index contributed by atoms with van der Waals surface area (Å²) in [7, 11) is 0. The van der Waals surface area contributed by atoms with Crippen LogP contribution in [-0.2, 0) is 0 Å². The van der Waals surface area contributed by atoms with Crippen molar-refractivity contribution < 1.29 is 19.6 Å². The van der Waals surface area contributed by atoms with Crippen LogP contribution in [0.25, 0.3) is 0 Å². The van der Waals surface area contributed by atoms with Gasteiger partial charge in [0.05, 0.1) is 10.5 Å². The number of benzene rings is 1. The third kappa shape index (κ3) is 3.03. The number of pyridine rings is 1. The molecule has 0 bridgehead atoms. The van der Waals surface area contributed by atoms with Gasteiger partial charge in [-0.15, -0.1) is 0 Å². The summed E-state index contributed by atoms with van der Waals surface area (Å²) in [4.78, 5) is 24.4. The Kier molecular flexibility index (Phi) is 3.37. The third-order valence-electron chi connectivity index (χ3n) is 2.25. The Morgan fingerprint density at radius 3 is 2.37 bits per heavy atom. The number of aromatic carboxylic acids is 1. The molecule has 7 nitrogen and oxygen atoms in total. The zero-order chi connectivity index (χ0) is 13.8. The zero-order valence-electron chi connectivity index (χ0n) is 9.52. The molecule has 0 radical (unpaired) electrons. The average Bonchev–Trinajstić information content (AvgIpc) is 2.40. The second-order valence-corrected chi connectivity index (χ2v) is 3.54. The third-order valence-corrected chi connectivity index (χ3v) is 2.25. The Labute approximate surface area is 107 Å². The van der Waals surface area contributed by atoms with Crippen molar-refractivity contribution >= 4 is 11.7 Å². The second-order valence-electron chi connectivity index (χ2n) is 3.54. The van der Waals surface area contributed by atoms with Crippen LogP contribution >= 0.6 is 0 Å². The van der Waals surface area contributed by atoms with Crippen molar-refractivity contribution in [2.24, 2.45) is 0 Å². The smallest absolute Gasteiger partial charge is 0.337 e. The summed E-state index contributed by atoms with van der Waals surface area (Å²) in [6.07, 6.45) is 1.17. The van der Waals surface area contributed by atoms with Gasteiger partial charge in [-0.1, -0.05) is 0 Å². The molecule has 19 heavy (non-hydrogen) atoms. The lowest BCUT2D eigenvalue weighted by atomic mass is 10.3. The molecule has 0 saturated carbocycles. The number of carboxylic acids is 1.